The predicted molar refractivity (Wildman–Crippen MR) is 42.5 cm³/mol. The van der Waals surface area contributed by atoms with Gasteiger partial charge in [-0.05, 0) is 0 Å². The number of nitriles is 1. The summed E-state index contributed by atoms with van der Waals surface area (Å²) >= 11 is 0. The summed E-state index contributed by atoms with van der Waals surface area (Å²) in [6.07, 6.45) is -1.36. The van der Waals surface area contributed by atoms with Crippen molar-refractivity contribution < 1.29 is 8.78 Å². The van der Waals surface area contributed by atoms with Crippen LogP contribution in [-0.4, -0.2) is 25.4 Å². The van der Waals surface area contributed by atoms with Gasteiger partial charge in [-0.1, -0.05) is 6.58 Å². The number of hydrogen-bond acceptors (Lipinski definition) is 2. The average molecular weight is 172 g/mol. The lowest BCUT2D eigenvalue weighted by atomic mass is 10.1. The van der Waals surface area contributed by atoms with Gasteiger partial charge in [0.1, 0.15) is 6.07 Å². The number of hydrogen-bond donors (Lipinski definition) is 0. The second-order valence-electron chi connectivity index (χ2n) is 2.44. The average Bonchev–Trinajstić information content (AvgIpc) is 1.98. The molecule has 0 aliphatic heterocycles. The number of halogens is 2. The standard InChI is InChI=1S/C8H10F2N2/c1-6(8(9)10)7(4-11)5-12(2)3/h5,8H,1H2,2-3H3/b7-5+. The molecule has 0 radical (unpaired) electrons. The first-order valence-corrected chi connectivity index (χ1v) is 3.24. The molecular formula is C8H10F2N2. The van der Waals surface area contributed by atoms with E-state index < -0.39 is 12.0 Å². The normalized spacial score (nSPS) is 11.2. The summed E-state index contributed by atoms with van der Waals surface area (Å²) in [5.74, 6) is 0. The molecule has 0 amide bonds. The maximum absolute atomic E-state index is 12.0. The molecular weight excluding hydrogens is 162 g/mol. The highest BCUT2D eigenvalue weighted by molar-refractivity contribution is 5.40. The Balaban J connectivity index is 4.60. The minimum atomic E-state index is -2.67. The van der Waals surface area contributed by atoms with Crippen LogP contribution in [0.25, 0.3) is 0 Å². The van der Waals surface area contributed by atoms with Gasteiger partial charge in [-0.3, -0.25) is 0 Å². The Kier molecular flexibility index (Phi) is 3.98. The van der Waals surface area contributed by atoms with Gasteiger partial charge in [0.15, 0.2) is 0 Å². The topological polar surface area (TPSA) is 27.0 Å². The van der Waals surface area contributed by atoms with Gasteiger partial charge in [0.2, 0.25) is 0 Å². The minimum absolute atomic E-state index is 0.0880. The third-order valence-corrected chi connectivity index (χ3v) is 1.12. The van der Waals surface area contributed by atoms with Gasteiger partial charge in [0, 0.05) is 25.9 Å². The molecule has 2 nitrogen and oxygen atoms in total. The highest BCUT2D eigenvalue weighted by atomic mass is 19.3. The van der Waals surface area contributed by atoms with Crippen molar-refractivity contribution in [2.75, 3.05) is 14.1 Å². The van der Waals surface area contributed by atoms with Crippen molar-refractivity contribution in [1.29, 1.82) is 5.26 Å². The van der Waals surface area contributed by atoms with E-state index in [0.717, 1.165) is 0 Å². The second-order valence-corrected chi connectivity index (χ2v) is 2.44. The van der Waals surface area contributed by atoms with Crippen LogP contribution in [0.15, 0.2) is 23.9 Å². The number of rotatable bonds is 3. The van der Waals surface area contributed by atoms with E-state index in [4.69, 9.17) is 5.26 Å². The van der Waals surface area contributed by atoms with Crippen molar-refractivity contribution in [1.82, 2.24) is 4.90 Å². The van der Waals surface area contributed by atoms with E-state index in [1.807, 2.05) is 0 Å². The molecule has 0 atom stereocenters. The van der Waals surface area contributed by atoms with E-state index in [9.17, 15) is 8.78 Å². The van der Waals surface area contributed by atoms with Crippen molar-refractivity contribution in [2.45, 2.75) is 6.43 Å². The van der Waals surface area contributed by atoms with Crippen molar-refractivity contribution in [2.24, 2.45) is 0 Å². The predicted octanol–water partition coefficient (Wildman–Crippen LogP) is 1.78. The highest BCUT2D eigenvalue weighted by Crippen LogP contribution is 2.15. The van der Waals surface area contributed by atoms with Crippen LogP contribution in [0.1, 0.15) is 0 Å². The van der Waals surface area contributed by atoms with Gasteiger partial charge in [-0.25, -0.2) is 8.78 Å². The van der Waals surface area contributed by atoms with Gasteiger partial charge in [-0.15, -0.1) is 0 Å². The maximum Gasteiger partial charge on any atom is 0.264 e. The lowest BCUT2D eigenvalue weighted by Gasteiger charge is -2.07. The van der Waals surface area contributed by atoms with Crippen LogP contribution >= 0.6 is 0 Å². The zero-order valence-electron chi connectivity index (χ0n) is 7.01. The molecule has 0 aromatic rings. The zero-order chi connectivity index (χ0) is 9.72. The Bertz CT molecular complexity index is 236. The summed E-state index contributed by atoms with van der Waals surface area (Å²) in [4.78, 5) is 1.52. The molecule has 0 spiro atoms. The largest absolute Gasteiger partial charge is 0.382 e. The quantitative estimate of drug-likeness (QED) is 0.479. The summed E-state index contributed by atoms with van der Waals surface area (Å²) in [7, 11) is 3.30. The summed E-state index contributed by atoms with van der Waals surface area (Å²) in [5.41, 5.74) is -0.527. The van der Waals surface area contributed by atoms with E-state index in [0.29, 0.717) is 0 Å². The smallest absolute Gasteiger partial charge is 0.264 e. The maximum atomic E-state index is 12.0. The molecule has 0 aliphatic rings. The Labute approximate surface area is 70.4 Å². The van der Waals surface area contributed by atoms with Crippen LogP contribution in [0.4, 0.5) is 8.78 Å². The molecule has 0 aliphatic carbocycles. The molecule has 0 fully saturated rings. The van der Waals surface area contributed by atoms with E-state index in [2.05, 4.69) is 6.58 Å². The van der Waals surface area contributed by atoms with E-state index >= 15 is 0 Å². The fourth-order valence-electron chi connectivity index (χ4n) is 0.559. The fraction of sp³-hybridized carbons (Fsp3) is 0.375. The Hall–Kier alpha value is -1.37. The molecule has 0 heterocycles. The summed E-state index contributed by atoms with van der Waals surface area (Å²) in [6.45, 7) is 3.11. The molecule has 0 aromatic heterocycles. The van der Waals surface area contributed by atoms with E-state index in [1.165, 1.54) is 11.1 Å². The van der Waals surface area contributed by atoms with Gasteiger partial charge in [-0.2, -0.15) is 5.26 Å². The molecule has 0 N–H and O–H groups in total. The number of alkyl halides is 2. The van der Waals surface area contributed by atoms with E-state index in [-0.39, 0.29) is 5.57 Å². The fourth-order valence-corrected chi connectivity index (χ4v) is 0.559. The molecule has 12 heavy (non-hydrogen) atoms. The monoisotopic (exact) mass is 172 g/mol. The molecule has 0 rings (SSSR count). The molecule has 0 unspecified atom stereocenters. The molecule has 4 heteroatoms. The molecule has 0 saturated carbocycles. The highest BCUT2D eigenvalue weighted by Gasteiger charge is 2.12. The molecule has 0 aromatic carbocycles. The van der Waals surface area contributed by atoms with Gasteiger partial charge < -0.3 is 4.90 Å². The third-order valence-electron chi connectivity index (χ3n) is 1.12. The molecule has 66 valence electrons. The number of nitrogens with zero attached hydrogens (tertiary/aromatic N) is 2. The Morgan fingerprint density at radius 1 is 1.58 bits per heavy atom. The number of allylic oxidation sites excluding steroid dienone is 2. The molecule has 0 saturated heterocycles. The lowest BCUT2D eigenvalue weighted by molar-refractivity contribution is 0.193. The van der Waals surface area contributed by atoms with Crippen LogP contribution < -0.4 is 0 Å². The van der Waals surface area contributed by atoms with Crippen LogP contribution in [0.5, 0.6) is 0 Å². The van der Waals surface area contributed by atoms with Crippen molar-refractivity contribution in [3.63, 3.8) is 0 Å². The van der Waals surface area contributed by atoms with Gasteiger partial charge in [0.25, 0.3) is 6.43 Å². The van der Waals surface area contributed by atoms with Crippen LogP contribution in [0.2, 0.25) is 0 Å². The Morgan fingerprint density at radius 2 is 2.08 bits per heavy atom. The van der Waals surface area contributed by atoms with Gasteiger partial charge >= 0.3 is 0 Å². The van der Waals surface area contributed by atoms with Crippen molar-refractivity contribution >= 4 is 0 Å². The first kappa shape index (κ1) is 10.6. The Morgan fingerprint density at radius 3 is 2.33 bits per heavy atom. The van der Waals surface area contributed by atoms with Crippen LogP contribution in [0.3, 0.4) is 0 Å². The lowest BCUT2D eigenvalue weighted by Crippen LogP contribution is -2.06. The molecule has 0 bridgehead atoms. The first-order valence-electron chi connectivity index (χ1n) is 3.24. The summed E-state index contributed by atoms with van der Waals surface area (Å²) in [5, 5.41) is 8.46. The summed E-state index contributed by atoms with van der Waals surface area (Å²) < 4.78 is 24.0. The van der Waals surface area contributed by atoms with Crippen LogP contribution in [-0.2, 0) is 0 Å². The zero-order valence-corrected chi connectivity index (χ0v) is 7.01. The minimum Gasteiger partial charge on any atom is -0.382 e. The van der Waals surface area contributed by atoms with E-state index in [1.54, 1.807) is 20.2 Å². The second kappa shape index (κ2) is 4.50. The SMILES string of the molecule is C=C(/C(C#N)=C/N(C)C)C(F)F. The van der Waals surface area contributed by atoms with Crippen molar-refractivity contribution in [3.05, 3.63) is 23.9 Å². The summed E-state index contributed by atoms with van der Waals surface area (Å²) in [6, 6.07) is 1.65. The first-order chi connectivity index (χ1) is 5.49. The van der Waals surface area contributed by atoms with Gasteiger partial charge in [0.05, 0.1) is 5.57 Å². The van der Waals surface area contributed by atoms with Crippen molar-refractivity contribution in [3.8, 4) is 6.07 Å². The van der Waals surface area contributed by atoms with Crippen LogP contribution in [0, 0.1) is 11.3 Å². The third kappa shape index (κ3) is 3.15.